The Balaban J connectivity index is 2.80. The average Bonchev–Trinajstić information content (AvgIpc) is 2.10. The third kappa shape index (κ3) is 2.43. The van der Waals surface area contributed by atoms with Crippen molar-refractivity contribution >= 4 is 22.6 Å². The first-order valence-corrected chi connectivity index (χ1v) is 4.89. The van der Waals surface area contributed by atoms with E-state index >= 15 is 0 Å². The third-order valence-corrected chi connectivity index (χ3v) is 2.52. The zero-order valence-electron chi connectivity index (χ0n) is 6.92. The van der Waals surface area contributed by atoms with Crippen LogP contribution in [0.25, 0.3) is 0 Å². The van der Waals surface area contributed by atoms with E-state index in [9.17, 15) is 0 Å². The van der Waals surface area contributed by atoms with Crippen molar-refractivity contribution in [1.29, 1.82) is 0 Å². The van der Waals surface area contributed by atoms with Gasteiger partial charge in [-0.25, -0.2) is 0 Å². The third-order valence-electron chi connectivity index (χ3n) is 1.80. The number of benzene rings is 1. The van der Waals surface area contributed by atoms with Crippen molar-refractivity contribution in [2.45, 2.75) is 6.04 Å². The van der Waals surface area contributed by atoms with Gasteiger partial charge in [-0.2, -0.15) is 0 Å². The summed E-state index contributed by atoms with van der Waals surface area (Å²) in [5.41, 5.74) is 1.13. The van der Waals surface area contributed by atoms with Crippen LogP contribution in [0.1, 0.15) is 11.6 Å². The first kappa shape index (κ1) is 9.95. The van der Waals surface area contributed by atoms with Gasteiger partial charge in [-0.15, -0.1) is 0 Å². The summed E-state index contributed by atoms with van der Waals surface area (Å²) in [6.45, 7) is 0.136. The summed E-state index contributed by atoms with van der Waals surface area (Å²) in [6, 6.07) is 8.19. The number of hydrogen-bond acceptors (Lipinski definition) is 2. The van der Waals surface area contributed by atoms with Gasteiger partial charge in [0.2, 0.25) is 0 Å². The maximum Gasteiger partial charge on any atom is 0.0626 e. The SMILES string of the molecule is CN[C@@H](CO)c1ccc(I)cc1. The van der Waals surface area contributed by atoms with Crippen molar-refractivity contribution < 1.29 is 5.11 Å². The molecule has 0 radical (unpaired) electrons. The summed E-state index contributed by atoms with van der Waals surface area (Å²) >= 11 is 2.26. The monoisotopic (exact) mass is 277 g/mol. The minimum absolute atomic E-state index is 0.0574. The van der Waals surface area contributed by atoms with Crippen LogP contribution >= 0.6 is 22.6 Å². The van der Waals surface area contributed by atoms with Gasteiger partial charge < -0.3 is 10.4 Å². The molecular weight excluding hydrogens is 265 g/mol. The number of aliphatic hydroxyl groups excluding tert-OH is 1. The maximum atomic E-state index is 8.98. The number of halogens is 1. The largest absolute Gasteiger partial charge is 0.394 e. The average molecular weight is 277 g/mol. The molecule has 66 valence electrons. The summed E-state index contributed by atoms with van der Waals surface area (Å²) in [6.07, 6.45) is 0. The van der Waals surface area contributed by atoms with E-state index in [4.69, 9.17) is 5.11 Å². The molecule has 1 rings (SSSR count). The summed E-state index contributed by atoms with van der Waals surface area (Å²) < 4.78 is 1.21. The molecule has 0 saturated carbocycles. The second-order valence-corrected chi connectivity index (χ2v) is 3.82. The summed E-state index contributed by atoms with van der Waals surface area (Å²) in [5, 5.41) is 12.0. The van der Waals surface area contributed by atoms with Crippen molar-refractivity contribution in [3.8, 4) is 0 Å². The van der Waals surface area contributed by atoms with E-state index in [-0.39, 0.29) is 12.6 Å². The maximum absolute atomic E-state index is 8.98. The van der Waals surface area contributed by atoms with E-state index in [1.165, 1.54) is 3.57 Å². The Hall–Kier alpha value is -0.130. The molecule has 2 nitrogen and oxygen atoms in total. The summed E-state index contributed by atoms with van der Waals surface area (Å²) in [4.78, 5) is 0. The van der Waals surface area contributed by atoms with Crippen molar-refractivity contribution in [1.82, 2.24) is 5.32 Å². The lowest BCUT2D eigenvalue weighted by Gasteiger charge is -2.12. The molecule has 0 bridgehead atoms. The molecule has 1 aromatic carbocycles. The van der Waals surface area contributed by atoms with E-state index in [2.05, 4.69) is 27.9 Å². The van der Waals surface area contributed by atoms with Crippen molar-refractivity contribution in [2.24, 2.45) is 0 Å². The van der Waals surface area contributed by atoms with Crippen LogP contribution in [0.2, 0.25) is 0 Å². The molecule has 3 heteroatoms. The summed E-state index contributed by atoms with van der Waals surface area (Å²) in [7, 11) is 1.85. The second kappa shape index (κ2) is 4.79. The second-order valence-electron chi connectivity index (χ2n) is 2.58. The van der Waals surface area contributed by atoms with Gasteiger partial charge in [0.05, 0.1) is 12.6 Å². The quantitative estimate of drug-likeness (QED) is 0.821. The first-order chi connectivity index (χ1) is 5.77. The molecule has 2 N–H and O–H groups in total. The highest BCUT2D eigenvalue weighted by Crippen LogP contribution is 2.13. The molecule has 12 heavy (non-hydrogen) atoms. The smallest absolute Gasteiger partial charge is 0.0626 e. The standard InChI is InChI=1S/C9H12INO/c1-11-9(6-12)7-2-4-8(10)5-3-7/h2-5,9,11-12H,6H2,1H3/t9-/m0/s1. The van der Waals surface area contributed by atoms with Gasteiger partial charge in [-0.05, 0) is 47.3 Å². The van der Waals surface area contributed by atoms with Gasteiger partial charge in [-0.3, -0.25) is 0 Å². The van der Waals surface area contributed by atoms with E-state index in [1.54, 1.807) is 0 Å². The van der Waals surface area contributed by atoms with Crippen molar-refractivity contribution in [3.05, 3.63) is 33.4 Å². The number of aliphatic hydroxyl groups is 1. The molecule has 0 aromatic heterocycles. The number of likely N-dealkylation sites (N-methyl/N-ethyl adjacent to an activating group) is 1. The van der Waals surface area contributed by atoms with Crippen LogP contribution in [0, 0.1) is 3.57 Å². The Morgan fingerprint density at radius 3 is 2.42 bits per heavy atom. The summed E-state index contributed by atoms with van der Waals surface area (Å²) in [5.74, 6) is 0. The van der Waals surface area contributed by atoms with E-state index in [1.807, 2.05) is 31.3 Å². The molecule has 0 heterocycles. The van der Waals surface area contributed by atoms with Crippen LogP contribution in [-0.4, -0.2) is 18.8 Å². The number of rotatable bonds is 3. The highest BCUT2D eigenvalue weighted by Gasteiger charge is 2.05. The Labute approximate surface area is 86.1 Å². The van der Waals surface area contributed by atoms with Crippen molar-refractivity contribution in [2.75, 3.05) is 13.7 Å². The van der Waals surface area contributed by atoms with Crippen LogP contribution in [0.5, 0.6) is 0 Å². The van der Waals surface area contributed by atoms with Gasteiger partial charge >= 0.3 is 0 Å². The molecule has 0 fully saturated rings. The fourth-order valence-corrected chi connectivity index (χ4v) is 1.42. The Morgan fingerprint density at radius 1 is 1.42 bits per heavy atom. The lowest BCUT2D eigenvalue weighted by Crippen LogP contribution is -2.19. The molecule has 0 spiro atoms. The van der Waals surface area contributed by atoms with Crippen LogP contribution in [0.4, 0.5) is 0 Å². The minimum atomic E-state index is 0.0574. The predicted molar refractivity (Wildman–Crippen MR) is 58.0 cm³/mol. The lowest BCUT2D eigenvalue weighted by atomic mass is 10.1. The molecule has 0 amide bonds. The van der Waals surface area contributed by atoms with Crippen molar-refractivity contribution in [3.63, 3.8) is 0 Å². The van der Waals surface area contributed by atoms with Crippen LogP contribution in [0.15, 0.2) is 24.3 Å². The topological polar surface area (TPSA) is 32.3 Å². The van der Waals surface area contributed by atoms with E-state index in [0.29, 0.717) is 0 Å². The van der Waals surface area contributed by atoms with E-state index in [0.717, 1.165) is 5.56 Å². The molecule has 0 aliphatic rings. The predicted octanol–water partition coefficient (Wildman–Crippen LogP) is 1.54. The Morgan fingerprint density at radius 2 is 2.00 bits per heavy atom. The van der Waals surface area contributed by atoms with Crippen LogP contribution in [0.3, 0.4) is 0 Å². The highest BCUT2D eigenvalue weighted by atomic mass is 127. The number of hydrogen-bond donors (Lipinski definition) is 2. The molecule has 0 aliphatic heterocycles. The van der Waals surface area contributed by atoms with Gasteiger partial charge in [0.1, 0.15) is 0 Å². The molecular formula is C9H12INO. The van der Waals surface area contributed by atoms with E-state index < -0.39 is 0 Å². The fourth-order valence-electron chi connectivity index (χ4n) is 1.06. The first-order valence-electron chi connectivity index (χ1n) is 3.81. The van der Waals surface area contributed by atoms with Crippen LogP contribution in [-0.2, 0) is 0 Å². The van der Waals surface area contributed by atoms with Gasteiger partial charge in [0.25, 0.3) is 0 Å². The molecule has 0 unspecified atom stereocenters. The molecule has 0 aliphatic carbocycles. The molecule has 0 saturated heterocycles. The van der Waals surface area contributed by atoms with Gasteiger partial charge in [-0.1, -0.05) is 12.1 Å². The van der Waals surface area contributed by atoms with Crippen LogP contribution < -0.4 is 5.32 Å². The molecule has 1 atom stereocenters. The Kier molecular flexibility index (Phi) is 3.97. The zero-order chi connectivity index (χ0) is 8.97. The normalized spacial score (nSPS) is 12.9. The fraction of sp³-hybridized carbons (Fsp3) is 0.333. The zero-order valence-corrected chi connectivity index (χ0v) is 9.08. The number of nitrogens with one attached hydrogen (secondary N) is 1. The minimum Gasteiger partial charge on any atom is -0.394 e. The van der Waals surface area contributed by atoms with Gasteiger partial charge in [0, 0.05) is 3.57 Å². The molecule has 1 aromatic rings. The Bertz CT molecular complexity index is 231. The van der Waals surface area contributed by atoms with Gasteiger partial charge in [0.15, 0.2) is 0 Å². The lowest BCUT2D eigenvalue weighted by molar-refractivity contribution is 0.251. The highest BCUT2D eigenvalue weighted by molar-refractivity contribution is 14.1.